The highest BCUT2D eigenvalue weighted by molar-refractivity contribution is 5.15. The summed E-state index contributed by atoms with van der Waals surface area (Å²) in [5.41, 5.74) is 1.84. The Morgan fingerprint density at radius 2 is 2.27 bits per heavy atom. The van der Waals surface area contributed by atoms with Crippen LogP contribution < -0.4 is 5.32 Å². The maximum Gasteiger partial charge on any atom is 0.0935 e. The maximum absolute atomic E-state index is 5.15. The average Bonchev–Trinajstić information content (AvgIpc) is 2.74. The van der Waals surface area contributed by atoms with Crippen molar-refractivity contribution in [2.45, 2.75) is 45.6 Å². The van der Waals surface area contributed by atoms with Gasteiger partial charge in [-0.2, -0.15) is 0 Å². The van der Waals surface area contributed by atoms with Crippen molar-refractivity contribution in [2.75, 3.05) is 6.54 Å². The second-order valence-corrected chi connectivity index (χ2v) is 5.67. The van der Waals surface area contributed by atoms with Crippen LogP contribution in [0.3, 0.4) is 0 Å². The molecule has 1 N–H and O–H groups in total. The van der Waals surface area contributed by atoms with Gasteiger partial charge in [-0.05, 0) is 42.9 Å². The third-order valence-electron chi connectivity index (χ3n) is 3.77. The highest BCUT2D eigenvalue weighted by Crippen LogP contribution is 2.39. The Hall–Kier alpha value is -0.760. The third-order valence-corrected chi connectivity index (χ3v) is 3.77. The van der Waals surface area contributed by atoms with E-state index in [-0.39, 0.29) is 5.54 Å². The van der Waals surface area contributed by atoms with Crippen LogP contribution in [0.4, 0.5) is 0 Å². The molecule has 1 fully saturated rings. The van der Waals surface area contributed by atoms with Gasteiger partial charge in [-0.25, -0.2) is 0 Å². The standard InChI is InChI=1S/C13H21NO/c1-12(2,3)13(6-4-7-14-13)9-11-5-8-15-10-11/h5,8,10,14H,4,6-7,9H2,1-3H3. The van der Waals surface area contributed by atoms with Crippen LogP contribution >= 0.6 is 0 Å². The van der Waals surface area contributed by atoms with Crippen molar-refractivity contribution in [3.05, 3.63) is 24.2 Å². The van der Waals surface area contributed by atoms with E-state index in [2.05, 4.69) is 32.2 Å². The molecule has 0 bridgehead atoms. The number of rotatable bonds is 2. The van der Waals surface area contributed by atoms with Gasteiger partial charge in [0.05, 0.1) is 12.5 Å². The second kappa shape index (κ2) is 3.67. The summed E-state index contributed by atoms with van der Waals surface area (Å²) in [5, 5.41) is 3.71. The molecule has 1 unspecified atom stereocenters. The van der Waals surface area contributed by atoms with E-state index in [0.29, 0.717) is 5.41 Å². The van der Waals surface area contributed by atoms with E-state index in [0.717, 1.165) is 13.0 Å². The Labute approximate surface area is 92.1 Å². The molecule has 0 aromatic carbocycles. The predicted octanol–water partition coefficient (Wildman–Crippen LogP) is 2.99. The monoisotopic (exact) mass is 207 g/mol. The van der Waals surface area contributed by atoms with Gasteiger partial charge >= 0.3 is 0 Å². The molecule has 15 heavy (non-hydrogen) atoms. The van der Waals surface area contributed by atoms with Crippen LogP contribution in [0.25, 0.3) is 0 Å². The first-order chi connectivity index (χ1) is 7.04. The minimum atomic E-state index is 0.247. The van der Waals surface area contributed by atoms with Crippen molar-refractivity contribution in [2.24, 2.45) is 5.41 Å². The smallest absolute Gasteiger partial charge is 0.0935 e. The first-order valence-corrected chi connectivity index (χ1v) is 5.80. The molecule has 2 heterocycles. The van der Waals surface area contributed by atoms with E-state index in [4.69, 9.17) is 4.42 Å². The molecular weight excluding hydrogens is 186 g/mol. The van der Waals surface area contributed by atoms with Crippen molar-refractivity contribution in [3.8, 4) is 0 Å². The molecule has 0 aliphatic carbocycles. The Bertz CT molecular complexity index is 302. The molecule has 1 aromatic heterocycles. The minimum absolute atomic E-state index is 0.247. The number of nitrogens with one attached hydrogen (secondary N) is 1. The molecule has 2 heteroatoms. The lowest BCUT2D eigenvalue weighted by molar-refractivity contribution is 0.159. The van der Waals surface area contributed by atoms with Gasteiger partial charge in [-0.3, -0.25) is 0 Å². The molecule has 1 atom stereocenters. The van der Waals surface area contributed by atoms with Crippen LogP contribution in [-0.4, -0.2) is 12.1 Å². The van der Waals surface area contributed by atoms with Crippen LogP contribution in [0.1, 0.15) is 39.2 Å². The third kappa shape index (κ3) is 1.96. The van der Waals surface area contributed by atoms with Crippen molar-refractivity contribution in [3.63, 3.8) is 0 Å². The predicted molar refractivity (Wildman–Crippen MR) is 61.8 cm³/mol. The van der Waals surface area contributed by atoms with E-state index in [1.807, 2.05) is 6.26 Å². The van der Waals surface area contributed by atoms with Gasteiger partial charge in [-0.15, -0.1) is 0 Å². The zero-order valence-electron chi connectivity index (χ0n) is 9.97. The fourth-order valence-electron chi connectivity index (χ4n) is 2.60. The lowest BCUT2D eigenvalue weighted by Crippen LogP contribution is -2.52. The van der Waals surface area contributed by atoms with Gasteiger partial charge < -0.3 is 9.73 Å². The summed E-state index contributed by atoms with van der Waals surface area (Å²) in [6, 6.07) is 2.08. The van der Waals surface area contributed by atoms with Gasteiger partial charge in [0.25, 0.3) is 0 Å². The molecule has 1 aliphatic heterocycles. The number of furan rings is 1. The molecular formula is C13H21NO. The van der Waals surface area contributed by atoms with Gasteiger partial charge in [-0.1, -0.05) is 20.8 Å². The van der Waals surface area contributed by atoms with E-state index < -0.39 is 0 Å². The van der Waals surface area contributed by atoms with Crippen LogP contribution in [0.15, 0.2) is 23.0 Å². The van der Waals surface area contributed by atoms with Crippen molar-refractivity contribution < 1.29 is 4.42 Å². The zero-order chi connectivity index (χ0) is 10.9. The SMILES string of the molecule is CC(C)(C)C1(Cc2ccoc2)CCCN1. The zero-order valence-corrected chi connectivity index (χ0v) is 9.97. The van der Waals surface area contributed by atoms with Gasteiger partial charge in [0.1, 0.15) is 0 Å². The molecule has 0 radical (unpaired) electrons. The summed E-state index contributed by atoms with van der Waals surface area (Å²) in [4.78, 5) is 0. The van der Waals surface area contributed by atoms with Crippen LogP contribution in [-0.2, 0) is 6.42 Å². The van der Waals surface area contributed by atoms with Gasteiger partial charge in [0, 0.05) is 5.54 Å². The molecule has 84 valence electrons. The largest absolute Gasteiger partial charge is 0.472 e. The highest BCUT2D eigenvalue weighted by Gasteiger charge is 2.43. The van der Waals surface area contributed by atoms with Gasteiger partial charge in [0.2, 0.25) is 0 Å². The lowest BCUT2D eigenvalue weighted by Gasteiger charge is -2.42. The molecule has 0 amide bonds. The summed E-state index contributed by atoms with van der Waals surface area (Å²) in [6.45, 7) is 8.12. The molecule has 2 nitrogen and oxygen atoms in total. The molecule has 1 saturated heterocycles. The molecule has 1 aromatic rings. The summed E-state index contributed by atoms with van der Waals surface area (Å²) >= 11 is 0. The van der Waals surface area contributed by atoms with Crippen LogP contribution in [0.2, 0.25) is 0 Å². The van der Waals surface area contributed by atoms with Crippen molar-refractivity contribution in [1.29, 1.82) is 0 Å². The first kappa shape index (κ1) is 10.7. The van der Waals surface area contributed by atoms with E-state index in [1.165, 1.54) is 18.4 Å². The Kier molecular flexibility index (Phi) is 2.63. The molecule has 1 aliphatic rings. The summed E-state index contributed by atoms with van der Waals surface area (Å²) in [7, 11) is 0. The van der Waals surface area contributed by atoms with Crippen molar-refractivity contribution >= 4 is 0 Å². The quantitative estimate of drug-likeness (QED) is 0.806. The Morgan fingerprint density at radius 1 is 1.47 bits per heavy atom. The van der Waals surface area contributed by atoms with Crippen molar-refractivity contribution in [1.82, 2.24) is 5.32 Å². The Balaban J connectivity index is 2.20. The summed E-state index contributed by atoms with van der Waals surface area (Å²) < 4.78 is 5.15. The summed E-state index contributed by atoms with van der Waals surface area (Å²) in [6.07, 6.45) is 7.26. The topological polar surface area (TPSA) is 25.2 Å². The van der Waals surface area contributed by atoms with E-state index >= 15 is 0 Å². The van der Waals surface area contributed by atoms with E-state index in [9.17, 15) is 0 Å². The minimum Gasteiger partial charge on any atom is -0.472 e. The van der Waals surface area contributed by atoms with Crippen LogP contribution in [0.5, 0.6) is 0 Å². The lowest BCUT2D eigenvalue weighted by atomic mass is 9.69. The molecule has 0 saturated carbocycles. The molecule has 0 spiro atoms. The average molecular weight is 207 g/mol. The Morgan fingerprint density at radius 3 is 2.73 bits per heavy atom. The normalized spacial score (nSPS) is 27.1. The first-order valence-electron chi connectivity index (χ1n) is 5.80. The summed E-state index contributed by atoms with van der Waals surface area (Å²) in [5.74, 6) is 0. The fraction of sp³-hybridized carbons (Fsp3) is 0.692. The number of hydrogen-bond acceptors (Lipinski definition) is 2. The van der Waals surface area contributed by atoms with E-state index in [1.54, 1.807) is 6.26 Å². The van der Waals surface area contributed by atoms with Gasteiger partial charge in [0.15, 0.2) is 0 Å². The van der Waals surface area contributed by atoms with Crippen LogP contribution in [0, 0.1) is 5.41 Å². The molecule has 2 rings (SSSR count). The highest BCUT2D eigenvalue weighted by atomic mass is 16.3. The second-order valence-electron chi connectivity index (χ2n) is 5.67. The maximum atomic E-state index is 5.15. The number of hydrogen-bond donors (Lipinski definition) is 1. The fourth-order valence-corrected chi connectivity index (χ4v) is 2.60.